The molecule has 0 aromatic heterocycles. The van der Waals surface area contributed by atoms with Crippen LogP contribution in [-0.2, 0) is 10.0 Å². The highest BCUT2D eigenvalue weighted by Gasteiger charge is 2.12. The number of benzene rings is 1. The molecular weight excluding hydrogens is 242 g/mol. The Morgan fingerprint density at radius 3 is 2.43 bits per heavy atom. The molecule has 0 aliphatic carbocycles. The van der Waals surface area contributed by atoms with Crippen molar-refractivity contribution >= 4 is 37.9 Å². The van der Waals surface area contributed by atoms with Crippen LogP contribution in [0.1, 0.15) is 0 Å². The van der Waals surface area contributed by atoms with Crippen molar-refractivity contribution in [3.63, 3.8) is 0 Å². The molecule has 0 spiro atoms. The van der Waals surface area contributed by atoms with Crippen LogP contribution in [0.2, 0.25) is 0 Å². The van der Waals surface area contributed by atoms with Gasteiger partial charge in [0.1, 0.15) is 0 Å². The first kappa shape index (κ1) is 11.6. The van der Waals surface area contributed by atoms with Gasteiger partial charge in [0, 0.05) is 0 Å². The first-order chi connectivity index (χ1) is 6.56. The molecule has 6 heteroatoms. The molecule has 14 heavy (non-hydrogen) atoms. The van der Waals surface area contributed by atoms with Crippen molar-refractivity contribution in [1.29, 1.82) is 0 Å². The van der Waals surface area contributed by atoms with Crippen LogP contribution in [0, 0.1) is 0 Å². The first-order valence-corrected chi connectivity index (χ1v) is 6.70. The molecule has 0 radical (unpaired) electrons. The molecule has 0 N–H and O–H groups in total. The SMILES string of the molecule is CS/C(Cl)=N/S(=O)(=O)c1ccccc1. The van der Waals surface area contributed by atoms with Gasteiger partial charge in [0.05, 0.1) is 4.90 Å². The Bertz CT molecular complexity index is 428. The van der Waals surface area contributed by atoms with Crippen molar-refractivity contribution in [1.82, 2.24) is 0 Å². The molecule has 0 bridgehead atoms. The van der Waals surface area contributed by atoms with E-state index in [1.54, 1.807) is 24.5 Å². The molecule has 0 unspecified atom stereocenters. The maximum atomic E-state index is 11.5. The predicted octanol–water partition coefficient (Wildman–Crippen LogP) is 2.33. The summed E-state index contributed by atoms with van der Waals surface area (Å²) in [5, 5.41) is 0. The summed E-state index contributed by atoms with van der Waals surface area (Å²) in [7, 11) is -3.64. The fourth-order valence-corrected chi connectivity index (χ4v) is 2.44. The van der Waals surface area contributed by atoms with E-state index in [0.717, 1.165) is 11.8 Å². The molecule has 0 aliphatic heterocycles. The van der Waals surface area contributed by atoms with Crippen LogP contribution < -0.4 is 0 Å². The Morgan fingerprint density at radius 1 is 1.36 bits per heavy atom. The van der Waals surface area contributed by atoms with Crippen LogP contribution in [0.25, 0.3) is 0 Å². The molecule has 1 aromatic carbocycles. The third-order valence-corrected chi connectivity index (χ3v) is 3.88. The van der Waals surface area contributed by atoms with Crippen LogP contribution in [0.5, 0.6) is 0 Å². The molecular formula is C8H8ClNO2S2. The average molecular weight is 250 g/mol. The Labute approximate surface area is 92.2 Å². The highest BCUT2D eigenvalue weighted by Crippen LogP contribution is 2.14. The summed E-state index contributed by atoms with van der Waals surface area (Å²) in [5.74, 6) is 0. The molecule has 0 saturated carbocycles. The van der Waals surface area contributed by atoms with Crippen molar-refractivity contribution in [2.75, 3.05) is 6.26 Å². The predicted molar refractivity (Wildman–Crippen MR) is 60.4 cm³/mol. The quantitative estimate of drug-likeness (QED) is 0.597. The summed E-state index contributed by atoms with van der Waals surface area (Å²) in [6.07, 6.45) is 1.66. The minimum atomic E-state index is -3.64. The van der Waals surface area contributed by atoms with E-state index < -0.39 is 10.0 Å². The summed E-state index contributed by atoms with van der Waals surface area (Å²) < 4.78 is 26.5. The monoisotopic (exact) mass is 249 g/mol. The highest BCUT2D eigenvalue weighted by atomic mass is 35.5. The van der Waals surface area contributed by atoms with E-state index in [0.29, 0.717) is 0 Å². The van der Waals surface area contributed by atoms with Crippen LogP contribution in [0.15, 0.2) is 39.6 Å². The Hall–Kier alpha value is -0.520. The summed E-state index contributed by atoms with van der Waals surface area (Å²) in [6, 6.07) is 7.95. The average Bonchev–Trinajstić information content (AvgIpc) is 2.18. The van der Waals surface area contributed by atoms with Crippen LogP contribution in [0.4, 0.5) is 0 Å². The lowest BCUT2D eigenvalue weighted by Gasteiger charge is -1.97. The molecule has 1 rings (SSSR count). The van der Waals surface area contributed by atoms with Gasteiger partial charge < -0.3 is 0 Å². The molecule has 0 aliphatic rings. The standard InChI is InChI=1S/C8H8ClNO2S2/c1-13-8(9)10-14(11,12)7-5-3-2-4-6-7/h2-6H,1H3/b10-8+. The molecule has 0 amide bonds. The first-order valence-electron chi connectivity index (χ1n) is 3.66. The second kappa shape index (κ2) is 4.82. The smallest absolute Gasteiger partial charge is 0.199 e. The zero-order chi connectivity index (χ0) is 10.6. The minimum Gasteiger partial charge on any atom is -0.199 e. The van der Waals surface area contributed by atoms with Gasteiger partial charge in [-0.15, -0.1) is 4.40 Å². The summed E-state index contributed by atoms with van der Waals surface area (Å²) in [6.45, 7) is 0. The highest BCUT2D eigenvalue weighted by molar-refractivity contribution is 8.16. The Morgan fingerprint density at radius 2 is 1.93 bits per heavy atom. The van der Waals surface area contributed by atoms with E-state index in [9.17, 15) is 8.42 Å². The van der Waals surface area contributed by atoms with Crippen molar-refractivity contribution in [2.24, 2.45) is 4.40 Å². The maximum absolute atomic E-state index is 11.5. The molecule has 0 atom stereocenters. The zero-order valence-corrected chi connectivity index (χ0v) is 9.73. The van der Waals surface area contributed by atoms with Crippen LogP contribution >= 0.6 is 23.4 Å². The molecule has 0 saturated heterocycles. The van der Waals surface area contributed by atoms with E-state index in [4.69, 9.17) is 11.6 Å². The fourth-order valence-electron chi connectivity index (χ4n) is 0.777. The molecule has 0 fully saturated rings. The van der Waals surface area contributed by atoms with E-state index in [-0.39, 0.29) is 9.40 Å². The lowest BCUT2D eigenvalue weighted by atomic mass is 10.4. The lowest BCUT2D eigenvalue weighted by molar-refractivity contribution is 0.598. The molecule has 76 valence electrons. The van der Waals surface area contributed by atoms with E-state index >= 15 is 0 Å². The lowest BCUT2D eigenvalue weighted by Crippen LogP contribution is -1.98. The molecule has 0 heterocycles. The normalized spacial score (nSPS) is 12.9. The van der Waals surface area contributed by atoms with Crippen LogP contribution in [0.3, 0.4) is 0 Å². The van der Waals surface area contributed by atoms with Crippen molar-refractivity contribution in [3.05, 3.63) is 30.3 Å². The minimum absolute atomic E-state index is 0.00820. The Kier molecular flexibility index (Phi) is 3.97. The van der Waals surface area contributed by atoms with Gasteiger partial charge in [-0.25, -0.2) is 0 Å². The van der Waals surface area contributed by atoms with Gasteiger partial charge in [-0.2, -0.15) is 8.42 Å². The van der Waals surface area contributed by atoms with Crippen molar-refractivity contribution in [2.45, 2.75) is 4.90 Å². The zero-order valence-electron chi connectivity index (χ0n) is 7.34. The summed E-state index contributed by atoms with van der Waals surface area (Å²) in [5.41, 5.74) is 0. The largest absolute Gasteiger partial charge is 0.284 e. The Balaban J connectivity index is 3.11. The number of halogens is 1. The number of hydrogen-bond donors (Lipinski definition) is 0. The van der Waals surface area contributed by atoms with Gasteiger partial charge in [-0.1, -0.05) is 41.6 Å². The van der Waals surface area contributed by atoms with E-state index in [2.05, 4.69) is 4.40 Å². The number of sulfonamides is 1. The second-order valence-electron chi connectivity index (χ2n) is 2.34. The molecule has 3 nitrogen and oxygen atoms in total. The number of nitrogens with zero attached hydrogens (tertiary/aromatic N) is 1. The number of thioether (sulfide) groups is 1. The maximum Gasteiger partial charge on any atom is 0.284 e. The van der Waals surface area contributed by atoms with E-state index in [1.807, 2.05) is 0 Å². The van der Waals surface area contributed by atoms with Crippen molar-refractivity contribution < 1.29 is 8.42 Å². The summed E-state index contributed by atoms with van der Waals surface area (Å²) in [4.78, 5) is 0.146. The number of rotatable bonds is 2. The fraction of sp³-hybridized carbons (Fsp3) is 0.125. The van der Waals surface area contributed by atoms with Gasteiger partial charge in [-0.05, 0) is 18.4 Å². The number of hydrogen-bond acceptors (Lipinski definition) is 3. The van der Waals surface area contributed by atoms with Gasteiger partial charge in [-0.3, -0.25) is 0 Å². The van der Waals surface area contributed by atoms with Gasteiger partial charge in [0.2, 0.25) is 0 Å². The van der Waals surface area contributed by atoms with Gasteiger partial charge in [0.25, 0.3) is 10.0 Å². The third-order valence-electron chi connectivity index (χ3n) is 1.40. The van der Waals surface area contributed by atoms with Gasteiger partial charge >= 0.3 is 0 Å². The van der Waals surface area contributed by atoms with Crippen LogP contribution in [-0.4, -0.2) is 19.2 Å². The molecule has 1 aromatic rings. The summed E-state index contributed by atoms with van der Waals surface area (Å²) >= 11 is 6.62. The van der Waals surface area contributed by atoms with E-state index in [1.165, 1.54) is 12.1 Å². The topological polar surface area (TPSA) is 46.5 Å². The van der Waals surface area contributed by atoms with Gasteiger partial charge in [0.15, 0.2) is 4.50 Å². The van der Waals surface area contributed by atoms with Crippen molar-refractivity contribution in [3.8, 4) is 0 Å². The second-order valence-corrected chi connectivity index (χ2v) is 5.32. The third kappa shape index (κ3) is 3.01.